The number of nitrogens with zero attached hydrogens (tertiary/aromatic N) is 3. The molecule has 2 aromatic heterocycles. The summed E-state index contributed by atoms with van der Waals surface area (Å²) in [6.45, 7) is 0.166. The molecule has 2 heterocycles. The first-order chi connectivity index (χ1) is 11.1. The molecule has 0 bridgehead atoms. The summed E-state index contributed by atoms with van der Waals surface area (Å²) in [6, 6.07) is 8.47. The quantitative estimate of drug-likeness (QED) is 0.730. The maximum atomic E-state index is 12.0. The van der Waals surface area contributed by atoms with Crippen molar-refractivity contribution in [3.05, 3.63) is 57.4 Å². The van der Waals surface area contributed by atoms with Crippen LogP contribution in [0.2, 0.25) is 0 Å². The molecule has 3 aromatic rings. The zero-order chi connectivity index (χ0) is 16.4. The van der Waals surface area contributed by atoms with E-state index in [2.05, 4.69) is 15.4 Å². The van der Waals surface area contributed by atoms with Gasteiger partial charge in [0.05, 0.1) is 17.1 Å². The molecule has 0 aliphatic rings. The molecule has 0 saturated heterocycles. The van der Waals surface area contributed by atoms with Crippen molar-refractivity contribution in [1.82, 2.24) is 19.3 Å². The van der Waals surface area contributed by atoms with E-state index >= 15 is 0 Å². The summed E-state index contributed by atoms with van der Waals surface area (Å²) < 4.78 is 2.93. The Morgan fingerprint density at radius 2 is 2.04 bits per heavy atom. The molecule has 0 fully saturated rings. The highest BCUT2D eigenvalue weighted by molar-refractivity contribution is 5.89. The third-order valence-corrected chi connectivity index (χ3v) is 3.56. The number of aromatic amines is 1. The van der Waals surface area contributed by atoms with E-state index < -0.39 is 11.2 Å². The molecule has 0 spiro atoms. The molecule has 3 rings (SSSR count). The minimum atomic E-state index is -0.526. The van der Waals surface area contributed by atoms with E-state index in [1.54, 1.807) is 48.3 Å². The largest absolute Gasteiger partial charge is 0.328 e. The number of fused-ring (bicyclic) bond motifs is 1. The standard InChI is InChI=1S/C15H15N5O3/c1-19-12(6-8-16-19)17-13(21)7-9-20-11-5-3-2-4-10(11)14(22)18-15(20)23/h2-6,8H,7,9H2,1H3,(H,17,21)(H,18,22,23). The summed E-state index contributed by atoms with van der Waals surface area (Å²) >= 11 is 0. The number of hydrogen-bond acceptors (Lipinski definition) is 4. The number of aryl methyl sites for hydroxylation is 2. The Balaban J connectivity index is 1.82. The Bertz CT molecular complexity index is 982. The summed E-state index contributed by atoms with van der Waals surface area (Å²) in [7, 11) is 1.72. The molecule has 8 nitrogen and oxygen atoms in total. The van der Waals surface area contributed by atoms with Gasteiger partial charge in [-0.25, -0.2) is 4.79 Å². The van der Waals surface area contributed by atoms with Crippen molar-refractivity contribution in [2.24, 2.45) is 7.05 Å². The van der Waals surface area contributed by atoms with Crippen molar-refractivity contribution in [3.63, 3.8) is 0 Å². The van der Waals surface area contributed by atoms with Gasteiger partial charge in [-0.3, -0.25) is 23.8 Å². The lowest BCUT2D eigenvalue weighted by Crippen LogP contribution is -2.31. The van der Waals surface area contributed by atoms with Gasteiger partial charge >= 0.3 is 5.69 Å². The topological polar surface area (TPSA) is 102 Å². The number of rotatable bonds is 4. The number of carbonyl (C=O) groups excluding carboxylic acids is 1. The molecule has 23 heavy (non-hydrogen) atoms. The van der Waals surface area contributed by atoms with Gasteiger partial charge in [-0.15, -0.1) is 0 Å². The molecule has 0 radical (unpaired) electrons. The van der Waals surface area contributed by atoms with Crippen molar-refractivity contribution < 1.29 is 4.79 Å². The number of benzene rings is 1. The average Bonchev–Trinajstić information content (AvgIpc) is 2.92. The van der Waals surface area contributed by atoms with Crippen LogP contribution in [0.3, 0.4) is 0 Å². The normalized spacial score (nSPS) is 10.8. The highest BCUT2D eigenvalue weighted by atomic mass is 16.2. The number of amides is 1. The summed E-state index contributed by atoms with van der Waals surface area (Å²) in [4.78, 5) is 38.1. The van der Waals surface area contributed by atoms with Crippen LogP contribution in [0.15, 0.2) is 46.1 Å². The van der Waals surface area contributed by atoms with Crippen molar-refractivity contribution >= 4 is 22.6 Å². The summed E-state index contributed by atoms with van der Waals surface area (Å²) in [5, 5.41) is 7.09. The second-order valence-corrected chi connectivity index (χ2v) is 5.07. The molecule has 8 heteroatoms. The second-order valence-electron chi connectivity index (χ2n) is 5.07. The molecule has 118 valence electrons. The zero-order valence-corrected chi connectivity index (χ0v) is 12.4. The third-order valence-electron chi connectivity index (χ3n) is 3.56. The highest BCUT2D eigenvalue weighted by Crippen LogP contribution is 2.08. The van der Waals surface area contributed by atoms with Crippen LogP contribution in [0.25, 0.3) is 10.9 Å². The van der Waals surface area contributed by atoms with Gasteiger partial charge in [0.1, 0.15) is 5.82 Å². The number of anilines is 1. The summed E-state index contributed by atoms with van der Waals surface area (Å²) in [5.41, 5.74) is -0.446. The van der Waals surface area contributed by atoms with Gasteiger partial charge in [0.15, 0.2) is 0 Å². The monoisotopic (exact) mass is 313 g/mol. The average molecular weight is 313 g/mol. The summed E-state index contributed by atoms with van der Waals surface area (Å²) in [5.74, 6) is 0.337. The fraction of sp³-hybridized carbons (Fsp3) is 0.200. The minimum Gasteiger partial charge on any atom is -0.311 e. The van der Waals surface area contributed by atoms with E-state index in [9.17, 15) is 14.4 Å². The van der Waals surface area contributed by atoms with Crippen molar-refractivity contribution in [1.29, 1.82) is 0 Å². The van der Waals surface area contributed by atoms with Gasteiger partial charge in [-0.2, -0.15) is 5.10 Å². The van der Waals surface area contributed by atoms with E-state index in [1.165, 1.54) is 4.57 Å². The first-order valence-corrected chi connectivity index (χ1v) is 7.06. The predicted octanol–water partition coefficient (Wildman–Crippen LogP) is 0.452. The van der Waals surface area contributed by atoms with E-state index in [1.807, 2.05) is 0 Å². The number of hydrogen-bond donors (Lipinski definition) is 2. The maximum absolute atomic E-state index is 12.0. The van der Waals surface area contributed by atoms with Crippen LogP contribution in [0.1, 0.15) is 6.42 Å². The van der Waals surface area contributed by atoms with Gasteiger partial charge in [0.25, 0.3) is 5.56 Å². The maximum Gasteiger partial charge on any atom is 0.328 e. The Hall–Kier alpha value is -3.16. The Morgan fingerprint density at radius 3 is 2.78 bits per heavy atom. The van der Waals surface area contributed by atoms with Crippen molar-refractivity contribution in [2.75, 3.05) is 5.32 Å². The van der Waals surface area contributed by atoms with Crippen LogP contribution in [0.5, 0.6) is 0 Å². The van der Waals surface area contributed by atoms with Gasteiger partial charge in [-0.1, -0.05) is 12.1 Å². The van der Waals surface area contributed by atoms with Gasteiger partial charge in [-0.05, 0) is 12.1 Å². The van der Waals surface area contributed by atoms with E-state index in [0.717, 1.165) is 0 Å². The van der Waals surface area contributed by atoms with E-state index in [0.29, 0.717) is 16.7 Å². The van der Waals surface area contributed by atoms with Crippen LogP contribution in [-0.4, -0.2) is 25.2 Å². The molecule has 0 aliphatic heterocycles. The fourth-order valence-corrected chi connectivity index (χ4v) is 2.38. The minimum absolute atomic E-state index is 0.0983. The molecule has 0 aliphatic carbocycles. The van der Waals surface area contributed by atoms with Gasteiger partial charge in [0.2, 0.25) is 5.91 Å². The smallest absolute Gasteiger partial charge is 0.311 e. The molecule has 0 unspecified atom stereocenters. The predicted molar refractivity (Wildman–Crippen MR) is 85.3 cm³/mol. The molecule has 2 N–H and O–H groups in total. The molecule has 1 amide bonds. The van der Waals surface area contributed by atoms with Gasteiger partial charge in [0, 0.05) is 26.1 Å². The molecule has 1 aromatic carbocycles. The third kappa shape index (κ3) is 2.91. The number of H-pyrrole nitrogens is 1. The van der Waals surface area contributed by atoms with Crippen LogP contribution >= 0.6 is 0 Å². The molecular weight excluding hydrogens is 298 g/mol. The van der Waals surface area contributed by atoms with E-state index in [4.69, 9.17) is 0 Å². The number of carbonyl (C=O) groups is 1. The lowest BCUT2D eigenvalue weighted by Gasteiger charge is -2.09. The SMILES string of the molecule is Cn1nccc1NC(=O)CCn1c(=O)[nH]c(=O)c2ccccc21. The second kappa shape index (κ2) is 5.91. The van der Waals surface area contributed by atoms with Crippen LogP contribution < -0.4 is 16.6 Å². The number of aromatic nitrogens is 4. The number of para-hydroxylation sites is 1. The van der Waals surface area contributed by atoms with Gasteiger partial charge < -0.3 is 5.32 Å². The highest BCUT2D eigenvalue weighted by Gasteiger charge is 2.10. The first kappa shape index (κ1) is 14.8. The Kier molecular flexibility index (Phi) is 3.80. The lowest BCUT2D eigenvalue weighted by molar-refractivity contribution is -0.116. The molecular formula is C15H15N5O3. The van der Waals surface area contributed by atoms with Crippen molar-refractivity contribution in [3.8, 4) is 0 Å². The van der Waals surface area contributed by atoms with Crippen LogP contribution in [-0.2, 0) is 18.4 Å². The van der Waals surface area contributed by atoms with Crippen LogP contribution in [0, 0.1) is 0 Å². The number of nitrogens with one attached hydrogen (secondary N) is 2. The van der Waals surface area contributed by atoms with Crippen molar-refractivity contribution in [2.45, 2.75) is 13.0 Å². The Labute approximate surface area is 130 Å². The Morgan fingerprint density at radius 1 is 1.26 bits per heavy atom. The zero-order valence-electron chi connectivity index (χ0n) is 12.4. The molecule has 0 saturated carbocycles. The molecule has 0 atom stereocenters. The lowest BCUT2D eigenvalue weighted by atomic mass is 10.2. The van der Waals surface area contributed by atoms with E-state index in [-0.39, 0.29) is 18.9 Å². The van der Waals surface area contributed by atoms with Crippen LogP contribution in [0.4, 0.5) is 5.82 Å². The fourth-order valence-electron chi connectivity index (χ4n) is 2.38. The summed E-state index contributed by atoms with van der Waals surface area (Å²) in [6.07, 6.45) is 1.68. The first-order valence-electron chi connectivity index (χ1n) is 7.06.